The number of amides is 1. The highest BCUT2D eigenvalue weighted by atomic mass is 32.2. The number of halogens is 2. The molecule has 8 heteroatoms. The number of rotatable bonds is 2. The summed E-state index contributed by atoms with van der Waals surface area (Å²) >= 11 is -2.23. The lowest BCUT2D eigenvalue weighted by Crippen LogP contribution is -2.42. The lowest BCUT2D eigenvalue weighted by Gasteiger charge is -2.27. The minimum Gasteiger partial charge on any atom is -0.444 e. The Kier molecular flexibility index (Phi) is 4.32. The fourth-order valence-electron chi connectivity index (χ4n) is 1.75. The predicted octanol–water partition coefficient (Wildman–Crippen LogP) is 1.85. The third-order valence-electron chi connectivity index (χ3n) is 2.34. The van der Waals surface area contributed by atoms with Gasteiger partial charge in [0.05, 0.1) is 18.3 Å². The molecule has 1 aliphatic heterocycles. The van der Waals surface area contributed by atoms with Crippen molar-refractivity contribution in [3.05, 3.63) is 0 Å². The van der Waals surface area contributed by atoms with Crippen molar-refractivity contribution in [3.8, 4) is 0 Å². The van der Waals surface area contributed by atoms with Crippen molar-refractivity contribution in [2.75, 3.05) is 12.3 Å². The molecular formula is C10H17F2NO4S. The predicted molar refractivity (Wildman–Crippen MR) is 61.9 cm³/mol. The number of ether oxygens (including phenoxy) is 1. The SMILES string of the molecule is CC(C)(C)OC(=O)N1CC(F)(F)CC1CS(=O)O. The summed E-state index contributed by atoms with van der Waals surface area (Å²) in [6, 6.07) is -0.972. The van der Waals surface area contributed by atoms with E-state index in [1.165, 1.54) is 0 Å². The molecule has 1 N–H and O–H groups in total. The number of hydrogen-bond acceptors (Lipinski definition) is 3. The molecule has 1 aliphatic rings. The van der Waals surface area contributed by atoms with Crippen LogP contribution in [0.2, 0.25) is 0 Å². The summed E-state index contributed by atoms with van der Waals surface area (Å²) in [6.45, 7) is 4.10. The molecule has 106 valence electrons. The molecule has 0 aromatic heterocycles. The number of alkyl halides is 2. The van der Waals surface area contributed by atoms with Crippen molar-refractivity contribution in [1.82, 2.24) is 4.90 Å². The summed E-state index contributed by atoms with van der Waals surface area (Å²) in [6.07, 6.45) is -1.49. The summed E-state index contributed by atoms with van der Waals surface area (Å²) < 4.78 is 51.0. The zero-order valence-electron chi connectivity index (χ0n) is 10.5. The number of hydrogen-bond donors (Lipinski definition) is 1. The van der Waals surface area contributed by atoms with E-state index < -0.39 is 53.5 Å². The van der Waals surface area contributed by atoms with Gasteiger partial charge in [0.15, 0.2) is 11.1 Å². The maximum absolute atomic E-state index is 13.3. The number of nitrogens with zero attached hydrogens (tertiary/aromatic N) is 1. The maximum Gasteiger partial charge on any atom is 0.410 e. The van der Waals surface area contributed by atoms with Crippen LogP contribution < -0.4 is 0 Å². The van der Waals surface area contributed by atoms with Crippen LogP contribution in [-0.4, -0.2) is 49.6 Å². The Labute approximate surface area is 107 Å². The average Bonchev–Trinajstić information content (AvgIpc) is 2.36. The molecule has 1 rings (SSSR count). The molecule has 0 aromatic carbocycles. The summed E-state index contributed by atoms with van der Waals surface area (Å²) in [5.74, 6) is -3.43. The minimum atomic E-state index is -3.04. The highest BCUT2D eigenvalue weighted by Gasteiger charge is 2.48. The van der Waals surface area contributed by atoms with E-state index in [1.807, 2.05) is 0 Å². The first kappa shape index (κ1) is 15.3. The highest BCUT2D eigenvalue weighted by Crippen LogP contribution is 2.33. The molecular weight excluding hydrogens is 268 g/mol. The maximum atomic E-state index is 13.3. The highest BCUT2D eigenvalue weighted by molar-refractivity contribution is 7.79. The molecule has 0 radical (unpaired) electrons. The lowest BCUT2D eigenvalue weighted by molar-refractivity contribution is -0.00229. The van der Waals surface area contributed by atoms with Crippen molar-refractivity contribution in [2.24, 2.45) is 0 Å². The van der Waals surface area contributed by atoms with Gasteiger partial charge >= 0.3 is 6.09 Å². The fourth-order valence-corrected chi connectivity index (χ4v) is 2.37. The van der Waals surface area contributed by atoms with E-state index in [4.69, 9.17) is 9.29 Å². The standard InChI is InChI=1S/C10H17F2NO4S/c1-9(2,3)17-8(14)13-6-10(11,12)4-7(13)5-18(15)16/h7H,4-6H2,1-3H3,(H,15,16). The van der Waals surface area contributed by atoms with Gasteiger partial charge in [-0.25, -0.2) is 17.8 Å². The average molecular weight is 285 g/mol. The van der Waals surface area contributed by atoms with Crippen molar-refractivity contribution >= 4 is 17.2 Å². The molecule has 1 fully saturated rings. The molecule has 0 aliphatic carbocycles. The lowest BCUT2D eigenvalue weighted by atomic mass is 10.2. The molecule has 2 atom stereocenters. The third kappa shape index (κ3) is 4.49. The molecule has 0 saturated carbocycles. The van der Waals surface area contributed by atoms with Crippen molar-refractivity contribution < 1.29 is 27.1 Å². The topological polar surface area (TPSA) is 66.8 Å². The van der Waals surface area contributed by atoms with Gasteiger partial charge in [-0.15, -0.1) is 0 Å². The normalized spacial score (nSPS) is 25.0. The van der Waals surface area contributed by atoms with Crippen LogP contribution in [0, 0.1) is 0 Å². The van der Waals surface area contributed by atoms with E-state index in [-0.39, 0.29) is 0 Å². The minimum absolute atomic E-state index is 0.394. The van der Waals surface area contributed by atoms with Gasteiger partial charge in [-0.3, -0.25) is 4.90 Å². The molecule has 1 saturated heterocycles. The quantitative estimate of drug-likeness (QED) is 0.786. The van der Waals surface area contributed by atoms with Crippen molar-refractivity contribution in [2.45, 2.75) is 44.8 Å². The van der Waals surface area contributed by atoms with Gasteiger partial charge in [-0.05, 0) is 20.8 Å². The fraction of sp³-hybridized carbons (Fsp3) is 0.900. The van der Waals surface area contributed by atoms with E-state index in [9.17, 15) is 17.8 Å². The molecule has 1 heterocycles. The summed E-state index contributed by atoms with van der Waals surface area (Å²) in [4.78, 5) is 12.6. The Bertz CT molecular complexity index is 356. The first-order valence-electron chi connectivity index (χ1n) is 5.45. The van der Waals surface area contributed by atoms with Crippen LogP contribution in [0.4, 0.5) is 13.6 Å². The number of carbonyl (C=O) groups is 1. The Hall–Kier alpha value is -0.760. The van der Waals surface area contributed by atoms with E-state index >= 15 is 0 Å². The molecule has 2 unspecified atom stereocenters. The molecule has 1 amide bonds. The van der Waals surface area contributed by atoms with Gasteiger partial charge in [0.2, 0.25) is 0 Å². The first-order chi connectivity index (χ1) is 8.00. The molecule has 5 nitrogen and oxygen atoms in total. The largest absolute Gasteiger partial charge is 0.444 e. The van der Waals surface area contributed by atoms with Crippen LogP contribution in [0.5, 0.6) is 0 Å². The Morgan fingerprint density at radius 3 is 2.56 bits per heavy atom. The second kappa shape index (κ2) is 5.08. The first-order valence-corrected chi connectivity index (χ1v) is 6.73. The molecule has 0 spiro atoms. The summed E-state index contributed by atoms with van der Waals surface area (Å²) in [7, 11) is 0. The zero-order valence-corrected chi connectivity index (χ0v) is 11.3. The van der Waals surface area contributed by atoms with E-state index in [0.29, 0.717) is 0 Å². The number of likely N-dealkylation sites (tertiary alicyclic amines) is 1. The van der Waals surface area contributed by atoms with E-state index in [0.717, 1.165) is 4.90 Å². The van der Waals surface area contributed by atoms with Crippen LogP contribution in [0.25, 0.3) is 0 Å². The van der Waals surface area contributed by atoms with Crippen LogP contribution in [0.3, 0.4) is 0 Å². The van der Waals surface area contributed by atoms with Gasteiger partial charge in [-0.2, -0.15) is 0 Å². The van der Waals surface area contributed by atoms with Gasteiger partial charge in [0.25, 0.3) is 5.92 Å². The van der Waals surface area contributed by atoms with Gasteiger partial charge in [0.1, 0.15) is 5.60 Å². The second-order valence-corrected chi connectivity index (χ2v) is 6.29. The van der Waals surface area contributed by atoms with Crippen molar-refractivity contribution in [1.29, 1.82) is 0 Å². The van der Waals surface area contributed by atoms with Crippen LogP contribution in [0.15, 0.2) is 0 Å². The second-order valence-electron chi connectivity index (χ2n) is 5.31. The summed E-state index contributed by atoms with van der Waals surface area (Å²) in [5, 5.41) is 0. The van der Waals surface area contributed by atoms with Crippen molar-refractivity contribution in [3.63, 3.8) is 0 Å². The van der Waals surface area contributed by atoms with Crippen LogP contribution >= 0.6 is 0 Å². The zero-order chi connectivity index (χ0) is 14.1. The molecule has 18 heavy (non-hydrogen) atoms. The molecule has 0 aromatic rings. The smallest absolute Gasteiger partial charge is 0.410 e. The Morgan fingerprint density at radius 2 is 2.11 bits per heavy atom. The van der Waals surface area contributed by atoms with Gasteiger partial charge in [0, 0.05) is 6.42 Å². The Morgan fingerprint density at radius 1 is 1.56 bits per heavy atom. The van der Waals surface area contributed by atoms with E-state index in [1.54, 1.807) is 20.8 Å². The van der Waals surface area contributed by atoms with E-state index in [2.05, 4.69) is 0 Å². The number of carbonyl (C=O) groups excluding carboxylic acids is 1. The Balaban J connectivity index is 2.77. The third-order valence-corrected chi connectivity index (χ3v) is 3.01. The van der Waals surface area contributed by atoms with Gasteiger partial charge in [-0.1, -0.05) is 0 Å². The monoisotopic (exact) mass is 285 g/mol. The summed E-state index contributed by atoms with van der Waals surface area (Å²) in [5.41, 5.74) is -0.794. The molecule has 0 bridgehead atoms. The van der Waals surface area contributed by atoms with Crippen LogP contribution in [-0.2, 0) is 15.8 Å². The van der Waals surface area contributed by atoms with Gasteiger partial charge < -0.3 is 9.29 Å². The van der Waals surface area contributed by atoms with Crippen LogP contribution in [0.1, 0.15) is 27.2 Å².